The normalized spacial score (nSPS) is 13.3. The van der Waals surface area contributed by atoms with Gasteiger partial charge in [0.15, 0.2) is 0 Å². The lowest BCUT2D eigenvalue weighted by molar-refractivity contribution is -0.142. The van der Waals surface area contributed by atoms with Gasteiger partial charge in [-0.3, -0.25) is 14.0 Å². The third-order valence-corrected chi connectivity index (χ3v) is 3.89. The number of nitrogens with two attached hydrogens (primary N) is 2. The van der Waals surface area contributed by atoms with Crippen LogP contribution >= 0.6 is 0 Å². The third-order valence-electron chi connectivity index (χ3n) is 3.89. The maximum atomic E-state index is 12.6. The lowest BCUT2D eigenvalue weighted by Crippen LogP contribution is -2.54. The molecule has 0 saturated heterocycles. The summed E-state index contributed by atoms with van der Waals surface area (Å²) in [5, 5.41) is 14.4. The summed E-state index contributed by atoms with van der Waals surface area (Å²) in [6.45, 7) is 1.97. The zero-order chi connectivity index (χ0) is 21.5. The molecule has 0 aliphatic rings. The Hall–Kier alpha value is -2.52. The van der Waals surface area contributed by atoms with E-state index in [1.807, 2.05) is 30.3 Å². The summed E-state index contributed by atoms with van der Waals surface area (Å²) in [6.07, 6.45) is 1.77. The standard InChI is InChI=1S/C18H28N4O4.CH3F/c1-12(20)16(23)22-15(11-13-7-3-2-4-8-13)17(24)21-14(18(25)26)9-5-6-10-19;1-2/h2-4,7-8,12,14-15H,5-6,9-11,19-20H2,1H3,(H,21,24)(H,22,23)(H,25,26);1H3/t12-,14-,15-;/m0./s1. The van der Waals surface area contributed by atoms with Crippen LogP contribution in [0.15, 0.2) is 30.3 Å². The van der Waals surface area contributed by atoms with Crippen LogP contribution in [0.25, 0.3) is 0 Å². The van der Waals surface area contributed by atoms with Crippen molar-refractivity contribution < 1.29 is 23.9 Å². The van der Waals surface area contributed by atoms with Crippen LogP contribution in [-0.2, 0) is 20.8 Å². The molecule has 158 valence electrons. The number of nitrogens with one attached hydrogen (secondary N) is 2. The quantitative estimate of drug-likeness (QED) is 0.340. The van der Waals surface area contributed by atoms with Crippen molar-refractivity contribution in [3.63, 3.8) is 0 Å². The van der Waals surface area contributed by atoms with Crippen LogP contribution in [0.4, 0.5) is 4.39 Å². The van der Waals surface area contributed by atoms with E-state index in [0.29, 0.717) is 26.6 Å². The SMILES string of the molecule is CF.C[C@H](N)C(=O)N[C@@H](Cc1ccccc1)C(=O)N[C@@H](CCCCN)C(=O)O. The second kappa shape index (κ2) is 14.5. The minimum atomic E-state index is -1.12. The van der Waals surface area contributed by atoms with Crippen LogP contribution in [0.5, 0.6) is 0 Å². The molecule has 0 aromatic heterocycles. The van der Waals surface area contributed by atoms with Crippen LogP contribution < -0.4 is 22.1 Å². The van der Waals surface area contributed by atoms with Gasteiger partial charge in [-0.05, 0) is 38.3 Å². The zero-order valence-corrected chi connectivity index (χ0v) is 16.4. The molecule has 3 atom stereocenters. The topological polar surface area (TPSA) is 148 Å². The van der Waals surface area contributed by atoms with Crippen LogP contribution in [0.3, 0.4) is 0 Å². The number of carbonyl (C=O) groups is 3. The lowest BCUT2D eigenvalue weighted by Gasteiger charge is -2.22. The van der Waals surface area contributed by atoms with E-state index in [4.69, 9.17) is 11.5 Å². The summed E-state index contributed by atoms with van der Waals surface area (Å²) in [4.78, 5) is 35.9. The van der Waals surface area contributed by atoms with Crippen molar-refractivity contribution in [2.75, 3.05) is 13.7 Å². The fourth-order valence-electron chi connectivity index (χ4n) is 2.38. The van der Waals surface area contributed by atoms with Gasteiger partial charge in [-0.2, -0.15) is 0 Å². The molecule has 1 aromatic carbocycles. The molecule has 1 rings (SSSR count). The highest BCUT2D eigenvalue weighted by Crippen LogP contribution is 2.06. The summed E-state index contributed by atoms with van der Waals surface area (Å²) >= 11 is 0. The summed E-state index contributed by atoms with van der Waals surface area (Å²) in [5.74, 6) is -2.15. The smallest absolute Gasteiger partial charge is 0.326 e. The first-order chi connectivity index (χ1) is 13.3. The van der Waals surface area contributed by atoms with Gasteiger partial charge in [-0.25, -0.2) is 4.79 Å². The Morgan fingerprint density at radius 2 is 1.61 bits per heavy atom. The van der Waals surface area contributed by atoms with Crippen LogP contribution in [-0.4, -0.2) is 54.7 Å². The molecule has 0 aliphatic heterocycles. The largest absolute Gasteiger partial charge is 0.480 e. The molecule has 0 bridgehead atoms. The Morgan fingerprint density at radius 1 is 1.04 bits per heavy atom. The molecule has 0 fully saturated rings. The first kappa shape index (κ1) is 25.5. The maximum absolute atomic E-state index is 12.6. The molecule has 0 saturated carbocycles. The number of carbonyl (C=O) groups excluding carboxylic acids is 2. The van der Waals surface area contributed by atoms with Gasteiger partial charge in [0.25, 0.3) is 0 Å². The number of rotatable bonds is 11. The maximum Gasteiger partial charge on any atom is 0.326 e. The summed E-state index contributed by atoms with van der Waals surface area (Å²) in [7, 11) is 0.500. The van der Waals surface area contributed by atoms with Gasteiger partial charge in [-0.1, -0.05) is 30.3 Å². The van der Waals surface area contributed by atoms with Crippen molar-refractivity contribution in [2.45, 2.75) is 50.7 Å². The van der Waals surface area contributed by atoms with Crippen molar-refractivity contribution in [1.82, 2.24) is 10.6 Å². The number of halogens is 1. The number of alkyl halides is 1. The Bertz CT molecular complexity index is 599. The number of amides is 2. The number of hydrogen-bond donors (Lipinski definition) is 5. The number of carboxylic acid groups (broad SMARTS) is 1. The summed E-state index contributed by atoms with van der Waals surface area (Å²) < 4.78 is 9.50. The summed E-state index contributed by atoms with van der Waals surface area (Å²) in [5.41, 5.74) is 11.8. The Kier molecular flexibility index (Phi) is 13.2. The number of aliphatic carboxylic acids is 1. The molecule has 8 nitrogen and oxygen atoms in total. The zero-order valence-electron chi connectivity index (χ0n) is 16.4. The van der Waals surface area contributed by atoms with Crippen LogP contribution in [0.1, 0.15) is 31.7 Å². The molecule has 28 heavy (non-hydrogen) atoms. The van der Waals surface area contributed by atoms with E-state index >= 15 is 0 Å². The molecule has 0 radical (unpaired) electrons. The minimum Gasteiger partial charge on any atom is -0.480 e. The fourth-order valence-corrected chi connectivity index (χ4v) is 2.38. The first-order valence-electron chi connectivity index (χ1n) is 9.06. The fraction of sp³-hybridized carbons (Fsp3) is 0.526. The molecular formula is C19H31FN4O4. The van der Waals surface area contributed by atoms with E-state index in [-0.39, 0.29) is 12.8 Å². The van der Waals surface area contributed by atoms with Crippen LogP contribution in [0, 0.1) is 0 Å². The monoisotopic (exact) mass is 398 g/mol. The van der Waals surface area contributed by atoms with Crippen molar-refractivity contribution in [1.29, 1.82) is 0 Å². The van der Waals surface area contributed by atoms with E-state index in [1.165, 1.54) is 6.92 Å². The third kappa shape index (κ3) is 9.98. The van der Waals surface area contributed by atoms with Gasteiger partial charge in [-0.15, -0.1) is 0 Å². The molecule has 9 heteroatoms. The van der Waals surface area contributed by atoms with Gasteiger partial charge in [0.05, 0.1) is 13.2 Å². The van der Waals surface area contributed by atoms with Gasteiger partial charge in [0, 0.05) is 6.42 Å². The van der Waals surface area contributed by atoms with E-state index in [0.717, 1.165) is 5.56 Å². The van der Waals surface area contributed by atoms with E-state index in [1.54, 1.807) is 0 Å². The van der Waals surface area contributed by atoms with Gasteiger partial charge in [0.1, 0.15) is 12.1 Å². The average molecular weight is 398 g/mol. The molecule has 7 N–H and O–H groups in total. The van der Waals surface area contributed by atoms with Crippen molar-refractivity contribution in [3.05, 3.63) is 35.9 Å². The highest BCUT2D eigenvalue weighted by Gasteiger charge is 2.27. The predicted molar refractivity (Wildman–Crippen MR) is 105 cm³/mol. The number of carboxylic acids is 1. The first-order valence-corrected chi connectivity index (χ1v) is 9.06. The van der Waals surface area contributed by atoms with E-state index in [2.05, 4.69) is 10.6 Å². The lowest BCUT2D eigenvalue weighted by atomic mass is 10.0. The molecule has 0 unspecified atom stereocenters. The number of benzene rings is 1. The average Bonchev–Trinajstić information content (AvgIpc) is 2.68. The minimum absolute atomic E-state index is 0.236. The molecule has 0 heterocycles. The molecule has 1 aromatic rings. The van der Waals surface area contributed by atoms with Crippen LogP contribution in [0.2, 0.25) is 0 Å². The van der Waals surface area contributed by atoms with Crippen molar-refractivity contribution >= 4 is 17.8 Å². The Morgan fingerprint density at radius 3 is 2.11 bits per heavy atom. The van der Waals surface area contributed by atoms with Crippen molar-refractivity contribution in [3.8, 4) is 0 Å². The van der Waals surface area contributed by atoms with E-state index in [9.17, 15) is 23.9 Å². The second-order valence-electron chi connectivity index (χ2n) is 6.22. The molecular weight excluding hydrogens is 367 g/mol. The van der Waals surface area contributed by atoms with Gasteiger partial charge >= 0.3 is 5.97 Å². The molecule has 2 amide bonds. The highest BCUT2D eigenvalue weighted by molar-refractivity contribution is 5.91. The Labute approximate surface area is 164 Å². The number of unbranched alkanes of at least 4 members (excludes halogenated alkanes) is 1. The molecule has 0 aliphatic carbocycles. The highest BCUT2D eigenvalue weighted by atomic mass is 19.1. The predicted octanol–water partition coefficient (Wildman–Crippen LogP) is 0.345. The molecule has 0 spiro atoms. The van der Waals surface area contributed by atoms with E-state index < -0.39 is 35.9 Å². The van der Waals surface area contributed by atoms with Gasteiger partial charge in [0.2, 0.25) is 11.8 Å². The number of hydrogen-bond acceptors (Lipinski definition) is 5. The second-order valence-corrected chi connectivity index (χ2v) is 6.22. The Balaban J connectivity index is 0.00000352. The summed E-state index contributed by atoms with van der Waals surface area (Å²) in [6, 6.07) is 6.43. The van der Waals surface area contributed by atoms with Gasteiger partial charge < -0.3 is 27.2 Å². The van der Waals surface area contributed by atoms with Crippen molar-refractivity contribution in [2.24, 2.45) is 11.5 Å².